The van der Waals surface area contributed by atoms with Crippen LogP contribution in [0.1, 0.15) is 11.1 Å². The van der Waals surface area contributed by atoms with Crippen LogP contribution in [0, 0.1) is 13.8 Å². The number of nitrogens with zero attached hydrogens (tertiary/aromatic N) is 1. The van der Waals surface area contributed by atoms with Gasteiger partial charge in [-0.2, -0.15) is 0 Å². The highest BCUT2D eigenvalue weighted by Gasteiger charge is 2.45. The first-order valence-corrected chi connectivity index (χ1v) is 8.51. The van der Waals surface area contributed by atoms with Gasteiger partial charge in [-0.1, -0.05) is 6.07 Å². The number of piperazine rings is 1. The molecule has 0 aromatic heterocycles. The second kappa shape index (κ2) is 4.48. The first-order valence-electron chi connectivity index (χ1n) is 6.69. The van der Waals surface area contributed by atoms with Crippen molar-refractivity contribution >= 4 is 21.4 Å². The van der Waals surface area contributed by atoms with E-state index in [-0.39, 0.29) is 36.0 Å². The lowest BCUT2D eigenvalue weighted by atomic mass is 10.0. The Morgan fingerprint density at radius 2 is 1.95 bits per heavy atom. The van der Waals surface area contributed by atoms with Gasteiger partial charge in [0.25, 0.3) is 0 Å². The fourth-order valence-corrected chi connectivity index (χ4v) is 4.91. The Kier molecular flexibility index (Phi) is 3.01. The van der Waals surface area contributed by atoms with Crippen LogP contribution in [0.15, 0.2) is 18.2 Å². The summed E-state index contributed by atoms with van der Waals surface area (Å²) in [6.07, 6.45) is 0. The van der Waals surface area contributed by atoms with E-state index in [9.17, 15) is 13.2 Å². The van der Waals surface area contributed by atoms with E-state index in [0.29, 0.717) is 0 Å². The molecular formula is C14H18N2O3S. The molecule has 2 saturated heterocycles. The average molecular weight is 294 g/mol. The zero-order valence-electron chi connectivity index (χ0n) is 11.6. The molecule has 0 saturated carbocycles. The number of aryl methyl sites for hydroxylation is 2. The standard InChI is InChI=1S/C14H18N2O3S/c1-9-3-4-11(5-10(9)2)16-6-14(17)15-12-7-20(18,19)8-13(12)16/h3-5,12-13H,6-8H2,1-2H3,(H,15,17)/t12-,13-/m0/s1. The molecular weight excluding hydrogens is 276 g/mol. The summed E-state index contributed by atoms with van der Waals surface area (Å²) in [5.74, 6) is 0.0527. The minimum atomic E-state index is -3.07. The number of carbonyl (C=O) groups is 1. The summed E-state index contributed by atoms with van der Waals surface area (Å²) in [5, 5.41) is 2.80. The number of benzene rings is 1. The molecule has 0 spiro atoms. The van der Waals surface area contributed by atoms with Crippen molar-refractivity contribution in [3.05, 3.63) is 29.3 Å². The molecule has 0 bridgehead atoms. The van der Waals surface area contributed by atoms with Gasteiger partial charge in [0.1, 0.15) is 0 Å². The quantitative estimate of drug-likeness (QED) is 0.814. The number of amides is 1. The van der Waals surface area contributed by atoms with Crippen LogP contribution < -0.4 is 10.2 Å². The minimum absolute atomic E-state index is 0.0464. The number of fused-ring (bicyclic) bond motifs is 1. The summed E-state index contributed by atoms with van der Waals surface area (Å²) in [5.41, 5.74) is 3.26. The van der Waals surface area contributed by atoms with E-state index in [0.717, 1.165) is 11.3 Å². The third kappa shape index (κ3) is 2.28. The highest BCUT2D eigenvalue weighted by molar-refractivity contribution is 7.91. The zero-order chi connectivity index (χ0) is 14.5. The lowest BCUT2D eigenvalue weighted by Crippen LogP contribution is -2.60. The first kappa shape index (κ1) is 13.4. The average Bonchev–Trinajstić information content (AvgIpc) is 2.65. The second-order valence-electron chi connectivity index (χ2n) is 5.71. The van der Waals surface area contributed by atoms with Crippen molar-refractivity contribution in [2.75, 3.05) is 23.0 Å². The Labute approximate surface area is 118 Å². The number of sulfone groups is 1. The number of hydrogen-bond donors (Lipinski definition) is 1. The summed E-state index contributed by atoms with van der Waals surface area (Å²) in [6.45, 7) is 4.27. The molecule has 2 fully saturated rings. The van der Waals surface area contributed by atoms with Gasteiger partial charge >= 0.3 is 0 Å². The number of anilines is 1. The Hall–Kier alpha value is -1.56. The van der Waals surface area contributed by atoms with Gasteiger partial charge in [-0.3, -0.25) is 4.79 Å². The van der Waals surface area contributed by atoms with Crippen LogP contribution in [-0.2, 0) is 14.6 Å². The highest BCUT2D eigenvalue weighted by Crippen LogP contribution is 2.28. The molecule has 0 radical (unpaired) electrons. The zero-order valence-corrected chi connectivity index (χ0v) is 12.4. The topological polar surface area (TPSA) is 66.5 Å². The van der Waals surface area contributed by atoms with E-state index in [1.54, 1.807) is 0 Å². The maximum absolute atomic E-state index is 11.8. The Morgan fingerprint density at radius 1 is 1.20 bits per heavy atom. The molecule has 2 atom stereocenters. The second-order valence-corrected chi connectivity index (χ2v) is 7.87. The van der Waals surface area contributed by atoms with E-state index in [1.165, 1.54) is 5.56 Å². The third-order valence-corrected chi connectivity index (χ3v) is 5.92. The molecule has 5 nitrogen and oxygen atoms in total. The molecule has 108 valence electrons. The number of nitrogens with one attached hydrogen (secondary N) is 1. The molecule has 0 unspecified atom stereocenters. The van der Waals surface area contributed by atoms with Crippen molar-refractivity contribution in [1.82, 2.24) is 5.32 Å². The van der Waals surface area contributed by atoms with E-state index in [1.807, 2.05) is 36.9 Å². The molecule has 1 amide bonds. The van der Waals surface area contributed by atoms with Crippen molar-refractivity contribution in [3.8, 4) is 0 Å². The number of rotatable bonds is 1. The summed E-state index contributed by atoms with van der Waals surface area (Å²) >= 11 is 0. The fourth-order valence-electron chi connectivity index (χ4n) is 2.99. The predicted octanol–water partition coefficient (Wildman–Crippen LogP) is 0.405. The normalized spacial score (nSPS) is 28.1. The Balaban J connectivity index is 1.98. The van der Waals surface area contributed by atoms with Crippen LogP contribution in [0.4, 0.5) is 5.69 Å². The monoisotopic (exact) mass is 294 g/mol. The molecule has 1 aromatic carbocycles. The molecule has 6 heteroatoms. The lowest BCUT2D eigenvalue weighted by Gasteiger charge is -2.38. The molecule has 1 N–H and O–H groups in total. The van der Waals surface area contributed by atoms with Crippen molar-refractivity contribution in [2.24, 2.45) is 0 Å². The summed E-state index contributed by atoms with van der Waals surface area (Å²) < 4.78 is 23.6. The van der Waals surface area contributed by atoms with Crippen molar-refractivity contribution in [3.63, 3.8) is 0 Å². The molecule has 2 heterocycles. The first-order chi connectivity index (χ1) is 9.35. The van der Waals surface area contributed by atoms with Crippen molar-refractivity contribution in [1.29, 1.82) is 0 Å². The maximum atomic E-state index is 11.8. The summed E-state index contributed by atoms with van der Waals surface area (Å²) in [7, 11) is -3.07. The van der Waals surface area contributed by atoms with Gasteiger partial charge in [0, 0.05) is 5.69 Å². The smallest absolute Gasteiger partial charge is 0.239 e. The van der Waals surface area contributed by atoms with E-state index in [2.05, 4.69) is 5.32 Å². The minimum Gasteiger partial charge on any atom is -0.356 e. The van der Waals surface area contributed by atoms with Crippen LogP contribution in [0.2, 0.25) is 0 Å². The van der Waals surface area contributed by atoms with Gasteiger partial charge in [0.05, 0.1) is 30.1 Å². The van der Waals surface area contributed by atoms with Gasteiger partial charge in [-0.25, -0.2) is 8.42 Å². The Morgan fingerprint density at radius 3 is 2.65 bits per heavy atom. The maximum Gasteiger partial charge on any atom is 0.239 e. The van der Waals surface area contributed by atoms with Gasteiger partial charge < -0.3 is 10.2 Å². The summed E-state index contributed by atoms with van der Waals surface area (Å²) in [6, 6.07) is 5.55. The van der Waals surface area contributed by atoms with Crippen LogP contribution in [0.25, 0.3) is 0 Å². The number of hydrogen-bond acceptors (Lipinski definition) is 4. The van der Waals surface area contributed by atoms with Gasteiger partial charge in [0.15, 0.2) is 9.84 Å². The van der Waals surface area contributed by atoms with Crippen LogP contribution in [0.5, 0.6) is 0 Å². The Bertz CT molecular complexity index is 669. The molecule has 0 aliphatic carbocycles. The van der Waals surface area contributed by atoms with Gasteiger partial charge in [0.2, 0.25) is 5.91 Å². The van der Waals surface area contributed by atoms with Crippen molar-refractivity contribution < 1.29 is 13.2 Å². The van der Waals surface area contributed by atoms with Crippen LogP contribution >= 0.6 is 0 Å². The van der Waals surface area contributed by atoms with Gasteiger partial charge in [-0.05, 0) is 37.1 Å². The molecule has 20 heavy (non-hydrogen) atoms. The van der Waals surface area contributed by atoms with Crippen molar-refractivity contribution in [2.45, 2.75) is 25.9 Å². The van der Waals surface area contributed by atoms with Crippen LogP contribution in [-0.4, -0.2) is 44.5 Å². The SMILES string of the molecule is Cc1ccc(N2CC(=O)N[C@H]3CS(=O)(=O)C[C@@H]32)cc1C. The highest BCUT2D eigenvalue weighted by atomic mass is 32.2. The van der Waals surface area contributed by atoms with Gasteiger partial charge in [-0.15, -0.1) is 0 Å². The van der Waals surface area contributed by atoms with E-state index in [4.69, 9.17) is 0 Å². The van der Waals surface area contributed by atoms with E-state index < -0.39 is 9.84 Å². The van der Waals surface area contributed by atoms with Crippen LogP contribution in [0.3, 0.4) is 0 Å². The lowest BCUT2D eigenvalue weighted by molar-refractivity contribution is -0.121. The largest absolute Gasteiger partial charge is 0.356 e. The number of carbonyl (C=O) groups excluding carboxylic acids is 1. The van der Waals surface area contributed by atoms with E-state index >= 15 is 0 Å². The molecule has 2 aliphatic rings. The molecule has 3 rings (SSSR count). The summed E-state index contributed by atoms with van der Waals surface area (Å²) in [4.78, 5) is 13.7. The third-order valence-electron chi connectivity index (χ3n) is 4.21. The fraction of sp³-hybridized carbons (Fsp3) is 0.500. The predicted molar refractivity (Wildman–Crippen MR) is 77.6 cm³/mol. The molecule has 2 aliphatic heterocycles. The molecule has 1 aromatic rings.